The Morgan fingerprint density at radius 3 is 2.86 bits per heavy atom. The van der Waals surface area contributed by atoms with Crippen LogP contribution < -0.4 is 10.6 Å². The van der Waals surface area contributed by atoms with Gasteiger partial charge in [0.25, 0.3) is 0 Å². The molecule has 1 aliphatic heterocycles. The van der Waals surface area contributed by atoms with Crippen molar-refractivity contribution in [1.82, 2.24) is 9.88 Å². The number of nitrogens with one attached hydrogen (secondary N) is 1. The highest BCUT2D eigenvalue weighted by molar-refractivity contribution is 5.42. The standard InChI is InChI=1S/C19H28N2/c1-4-5-15(3)21-10-8-16(9-11-21)18-13-20-19-7-6-14(2)12-17(18)19/h7,12-14,16,20H,3-6,8-11H2,1-2H3. The van der Waals surface area contributed by atoms with Gasteiger partial charge in [-0.25, -0.2) is 0 Å². The fourth-order valence-electron chi connectivity index (χ4n) is 3.77. The highest BCUT2D eigenvalue weighted by Crippen LogP contribution is 2.28. The first-order valence-corrected chi connectivity index (χ1v) is 8.51. The summed E-state index contributed by atoms with van der Waals surface area (Å²) in [6.45, 7) is 11.1. The van der Waals surface area contributed by atoms with E-state index in [9.17, 15) is 0 Å². The van der Waals surface area contributed by atoms with Crippen LogP contribution in [0, 0.1) is 5.92 Å². The second-order valence-electron chi connectivity index (χ2n) is 6.73. The van der Waals surface area contributed by atoms with Crippen molar-refractivity contribution in [2.24, 2.45) is 5.92 Å². The highest BCUT2D eigenvalue weighted by atomic mass is 15.1. The van der Waals surface area contributed by atoms with E-state index in [0.29, 0.717) is 11.8 Å². The predicted molar refractivity (Wildman–Crippen MR) is 90.3 cm³/mol. The largest absolute Gasteiger partial charge is 0.375 e. The molecule has 1 saturated heterocycles. The average Bonchev–Trinajstić information content (AvgIpc) is 2.90. The number of hydrogen-bond acceptors (Lipinski definition) is 1. The molecule has 0 aromatic carbocycles. The molecule has 0 spiro atoms. The molecule has 1 aromatic heterocycles. The summed E-state index contributed by atoms with van der Waals surface area (Å²) in [6, 6.07) is 0. The van der Waals surface area contributed by atoms with Crippen molar-refractivity contribution < 1.29 is 0 Å². The van der Waals surface area contributed by atoms with Gasteiger partial charge in [0.1, 0.15) is 0 Å². The third-order valence-electron chi connectivity index (χ3n) is 5.05. The summed E-state index contributed by atoms with van der Waals surface area (Å²) in [6.07, 6.45) is 13.1. The van der Waals surface area contributed by atoms with Gasteiger partial charge in [0.15, 0.2) is 0 Å². The highest BCUT2D eigenvalue weighted by Gasteiger charge is 2.23. The molecule has 1 fully saturated rings. The van der Waals surface area contributed by atoms with Gasteiger partial charge in [-0.3, -0.25) is 0 Å². The van der Waals surface area contributed by atoms with E-state index in [4.69, 9.17) is 0 Å². The summed E-state index contributed by atoms with van der Waals surface area (Å²) >= 11 is 0. The van der Waals surface area contributed by atoms with Crippen LogP contribution >= 0.6 is 0 Å². The molecular formula is C19H28N2. The molecule has 2 heterocycles. The Morgan fingerprint density at radius 2 is 2.14 bits per heavy atom. The van der Waals surface area contributed by atoms with Gasteiger partial charge in [0, 0.05) is 30.3 Å². The molecule has 2 aliphatic rings. The number of rotatable bonds is 4. The zero-order valence-corrected chi connectivity index (χ0v) is 13.5. The van der Waals surface area contributed by atoms with Gasteiger partial charge in [-0.15, -0.1) is 0 Å². The normalized spacial score (nSPS) is 22.4. The SMILES string of the molecule is C=C(CCC)N1CCC(c2c[nH]c3c2=CC(C)CC=3)CC1. The van der Waals surface area contributed by atoms with Gasteiger partial charge in [-0.05, 0) is 48.3 Å². The van der Waals surface area contributed by atoms with Gasteiger partial charge in [-0.2, -0.15) is 0 Å². The molecular weight excluding hydrogens is 256 g/mol. The second kappa shape index (κ2) is 6.13. The van der Waals surface area contributed by atoms with E-state index in [-0.39, 0.29) is 0 Å². The first kappa shape index (κ1) is 14.5. The molecule has 0 amide bonds. The molecule has 2 nitrogen and oxygen atoms in total. The Hall–Kier alpha value is -1.44. The third kappa shape index (κ3) is 2.95. The quantitative estimate of drug-likeness (QED) is 0.900. The summed E-state index contributed by atoms with van der Waals surface area (Å²) in [4.78, 5) is 5.98. The summed E-state index contributed by atoms with van der Waals surface area (Å²) in [5.74, 6) is 1.39. The maximum atomic E-state index is 4.24. The van der Waals surface area contributed by atoms with E-state index in [1.54, 1.807) is 5.56 Å². The number of allylic oxidation sites excluding steroid dienone is 1. The number of H-pyrrole nitrogens is 1. The molecule has 3 rings (SSSR count). The van der Waals surface area contributed by atoms with Crippen molar-refractivity contribution in [2.75, 3.05) is 13.1 Å². The maximum Gasteiger partial charge on any atom is 0.0413 e. The molecule has 114 valence electrons. The molecule has 0 bridgehead atoms. The van der Waals surface area contributed by atoms with Gasteiger partial charge >= 0.3 is 0 Å². The monoisotopic (exact) mass is 284 g/mol. The number of hydrogen-bond donors (Lipinski definition) is 1. The molecule has 0 radical (unpaired) electrons. The minimum atomic E-state index is 0.677. The van der Waals surface area contributed by atoms with E-state index < -0.39 is 0 Å². The van der Waals surface area contributed by atoms with Crippen LogP contribution in [0.1, 0.15) is 57.4 Å². The van der Waals surface area contributed by atoms with Gasteiger partial charge < -0.3 is 9.88 Å². The predicted octanol–water partition coefficient (Wildman–Crippen LogP) is 3.11. The van der Waals surface area contributed by atoms with Gasteiger partial charge in [0.2, 0.25) is 0 Å². The third-order valence-corrected chi connectivity index (χ3v) is 5.05. The van der Waals surface area contributed by atoms with E-state index >= 15 is 0 Å². The first-order chi connectivity index (χ1) is 10.2. The summed E-state index contributed by atoms with van der Waals surface area (Å²) in [5, 5.41) is 2.83. The Kier molecular flexibility index (Phi) is 4.23. The number of aromatic nitrogens is 1. The van der Waals surface area contributed by atoms with Crippen molar-refractivity contribution in [1.29, 1.82) is 0 Å². The van der Waals surface area contributed by atoms with Crippen molar-refractivity contribution >= 4 is 12.2 Å². The van der Waals surface area contributed by atoms with Crippen LogP contribution in [0.15, 0.2) is 18.5 Å². The Morgan fingerprint density at radius 1 is 1.38 bits per heavy atom. The Balaban J connectivity index is 1.73. The smallest absolute Gasteiger partial charge is 0.0413 e. The van der Waals surface area contributed by atoms with Crippen molar-refractivity contribution in [3.05, 3.63) is 34.6 Å². The fraction of sp³-hybridized carbons (Fsp3) is 0.579. The van der Waals surface area contributed by atoms with Crippen LogP contribution in [-0.2, 0) is 0 Å². The summed E-state index contributed by atoms with van der Waals surface area (Å²) in [5.41, 5.74) is 2.88. The molecule has 2 heteroatoms. The van der Waals surface area contributed by atoms with Crippen LogP contribution in [0.25, 0.3) is 12.2 Å². The van der Waals surface area contributed by atoms with E-state index in [0.717, 1.165) is 6.42 Å². The van der Waals surface area contributed by atoms with E-state index in [1.165, 1.54) is 55.0 Å². The first-order valence-electron chi connectivity index (χ1n) is 8.51. The Bertz CT molecular complexity index is 614. The van der Waals surface area contributed by atoms with Crippen molar-refractivity contribution in [2.45, 2.75) is 51.9 Å². The minimum absolute atomic E-state index is 0.677. The second-order valence-corrected chi connectivity index (χ2v) is 6.73. The van der Waals surface area contributed by atoms with Crippen LogP contribution in [0.5, 0.6) is 0 Å². The van der Waals surface area contributed by atoms with E-state index in [1.807, 2.05) is 0 Å². The Labute approximate surface area is 128 Å². The molecule has 1 aliphatic carbocycles. The lowest BCUT2D eigenvalue weighted by Crippen LogP contribution is -2.35. The van der Waals surface area contributed by atoms with Crippen LogP contribution in [0.2, 0.25) is 0 Å². The lowest BCUT2D eigenvalue weighted by Gasteiger charge is -2.34. The minimum Gasteiger partial charge on any atom is -0.375 e. The number of fused-ring (bicyclic) bond motifs is 1. The maximum absolute atomic E-state index is 4.24. The number of aromatic amines is 1. The lowest BCUT2D eigenvalue weighted by atomic mass is 9.88. The average molecular weight is 284 g/mol. The summed E-state index contributed by atoms with van der Waals surface area (Å²) < 4.78 is 0. The van der Waals surface area contributed by atoms with Crippen LogP contribution in [0.3, 0.4) is 0 Å². The van der Waals surface area contributed by atoms with Gasteiger partial charge in [0.05, 0.1) is 0 Å². The van der Waals surface area contributed by atoms with Crippen molar-refractivity contribution in [3.63, 3.8) is 0 Å². The fourth-order valence-corrected chi connectivity index (χ4v) is 3.77. The number of nitrogens with zero attached hydrogens (tertiary/aromatic N) is 1. The van der Waals surface area contributed by atoms with Gasteiger partial charge in [-0.1, -0.05) is 39.0 Å². The molecule has 21 heavy (non-hydrogen) atoms. The molecule has 1 aromatic rings. The van der Waals surface area contributed by atoms with Crippen LogP contribution in [-0.4, -0.2) is 23.0 Å². The molecule has 0 saturated carbocycles. The molecule has 1 N–H and O–H groups in total. The zero-order chi connectivity index (χ0) is 14.8. The summed E-state index contributed by atoms with van der Waals surface area (Å²) in [7, 11) is 0. The van der Waals surface area contributed by atoms with Crippen LogP contribution in [0.4, 0.5) is 0 Å². The number of piperidine rings is 1. The molecule has 1 unspecified atom stereocenters. The van der Waals surface area contributed by atoms with E-state index in [2.05, 4.69) is 48.7 Å². The topological polar surface area (TPSA) is 19.0 Å². The van der Waals surface area contributed by atoms with Crippen molar-refractivity contribution in [3.8, 4) is 0 Å². The zero-order valence-electron chi connectivity index (χ0n) is 13.5. The lowest BCUT2D eigenvalue weighted by molar-refractivity contribution is 0.256. The number of likely N-dealkylation sites (tertiary alicyclic amines) is 1. The molecule has 1 atom stereocenters.